The van der Waals surface area contributed by atoms with Gasteiger partial charge in [0.15, 0.2) is 17.8 Å². The summed E-state index contributed by atoms with van der Waals surface area (Å²) in [6.45, 7) is 1.92. The summed E-state index contributed by atoms with van der Waals surface area (Å²) in [6, 6.07) is 31.5. The fraction of sp³-hybridized carbons (Fsp3) is 0.115. The molecule has 0 saturated carbocycles. The highest BCUT2D eigenvalue weighted by molar-refractivity contribution is 5.97. The molecule has 0 aliphatic carbocycles. The molecule has 0 fully saturated rings. The summed E-state index contributed by atoms with van der Waals surface area (Å²) in [4.78, 5) is 13.1. The van der Waals surface area contributed by atoms with Crippen LogP contribution in [-0.4, -0.2) is 11.9 Å². The van der Waals surface area contributed by atoms with Crippen molar-refractivity contribution in [3.05, 3.63) is 115 Å². The Morgan fingerprint density at radius 1 is 0.833 bits per heavy atom. The third-order valence-corrected chi connectivity index (χ3v) is 5.17. The molecule has 1 aromatic heterocycles. The molecular formula is C26H25N2O2+. The Morgan fingerprint density at radius 3 is 2.20 bits per heavy atom. The summed E-state index contributed by atoms with van der Waals surface area (Å²) in [5, 5.41) is 5.15. The molecule has 0 aliphatic rings. The topological polar surface area (TPSA) is 58.9 Å². The van der Waals surface area contributed by atoms with Crippen molar-refractivity contribution in [3.63, 3.8) is 0 Å². The third kappa shape index (κ3) is 4.50. The molecule has 4 nitrogen and oxygen atoms in total. The van der Waals surface area contributed by atoms with E-state index < -0.39 is 0 Å². The van der Waals surface area contributed by atoms with E-state index in [0.717, 1.165) is 28.1 Å². The zero-order valence-corrected chi connectivity index (χ0v) is 16.9. The van der Waals surface area contributed by atoms with Gasteiger partial charge in [0, 0.05) is 16.8 Å². The average molecular weight is 397 g/mol. The van der Waals surface area contributed by atoms with Gasteiger partial charge >= 0.3 is 0 Å². The summed E-state index contributed by atoms with van der Waals surface area (Å²) >= 11 is 0. The molecule has 150 valence electrons. The molecule has 0 spiro atoms. The van der Waals surface area contributed by atoms with E-state index in [0.29, 0.717) is 0 Å². The summed E-state index contributed by atoms with van der Waals surface area (Å²) in [7, 11) is 0. The first-order valence-electron chi connectivity index (χ1n) is 10.1. The highest BCUT2D eigenvalue weighted by Gasteiger charge is 2.27. The zero-order chi connectivity index (χ0) is 20.8. The van der Waals surface area contributed by atoms with E-state index in [2.05, 4.69) is 17.4 Å². The van der Waals surface area contributed by atoms with Crippen molar-refractivity contribution in [2.24, 2.45) is 0 Å². The van der Waals surface area contributed by atoms with Crippen molar-refractivity contribution in [2.75, 3.05) is 5.32 Å². The number of amides is 1. The van der Waals surface area contributed by atoms with Crippen LogP contribution >= 0.6 is 0 Å². The molecule has 4 heteroatoms. The number of hydrogen-bond acceptors (Lipinski definition) is 2. The number of quaternary nitrogens is 1. The van der Waals surface area contributed by atoms with Gasteiger partial charge in [0.2, 0.25) is 0 Å². The van der Waals surface area contributed by atoms with Crippen molar-refractivity contribution in [2.45, 2.75) is 19.0 Å². The number of rotatable bonds is 7. The molecule has 30 heavy (non-hydrogen) atoms. The van der Waals surface area contributed by atoms with Gasteiger partial charge in [0.25, 0.3) is 5.91 Å². The minimum atomic E-state index is -0.316. The quantitative estimate of drug-likeness (QED) is 0.478. The van der Waals surface area contributed by atoms with Gasteiger partial charge in [-0.2, -0.15) is 0 Å². The predicted molar refractivity (Wildman–Crippen MR) is 119 cm³/mol. The Hall–Kier alpha value is -3.63. The van der Waals surface area contributed by atoms with Crippen LogP contribution in [0, 0.1) is 0 Å². The van der Waals surface area contributed by atoms with E-state index in [1.807, 2.05) is 97.2 Å². The Balaban J connectivity index is 1.53. The van der Waals surface area contributed by atoms with Crippen LogP contribution in [0.2, 0.25) is 0 Å². The highest BCUT2D eigenvalue weighted by atomic mass is 16.3. The number of para-hydroxylation sites is 1. The van der Waals surface area contributed by atoms with Crippen LogP contribution in [0.15, 0.2) is 108 Å². The first-order valence-corrected chi connectivity index (χ1v) is 10.1. The molecule has 2 atom stereocenters. The molecule has 0 saturated heterocycles. The molecule has 1 heterocycles. The normalized spacial score (nSPS) is 12.8. The first-order chi connectivity index (χ1) is 14.7. The van der Waals surface area contributed by atoms with Gasteiger partial charge < -0.3 is 15.1 Å². The number of nitrogens with two attached hydrogens (primary N) is 1. The van der Waals surface area contributed by atoms with Crippen LogP contribution in [0.25, 0.3) is 11.1 Å². The van der Waals surface area contributed by atoms with E-state index in [9.17, 15) is 4.79 Å². The number of furan rings is 1. The number of carbonyl (C=O) groups excluding carboxylic acids is 1. The van der Waals surface area contributed by atoms with E-state index in [1.54, 1.807) is 6.26 Å². The van der Waals surface area contributed by atoms with Crippen molar-refractivity contribution in [1.82, 2.24) is 0 Å². The van der Waals surface area contributed by atoms with Gasteiger partial charge in [0.1, 0.15) is 0 Å². The van der Waals surface area contributed by atoms with Crippen molar-refractivity contribution < 1.29 is 14.5 Å². The molecule has 0 unspecified atom stereocenters. The number of carbonyl (C=O) groups is 1. The van der Waals surface area contributed by atoms with Crippen molar-refractivity contribution in [1.29, 1.82) is 0 Å². The van der Waals surface area contributed by atoms with Crippen LogP contribution in [-0.2, 0) is 4.79 Å². The van der Waals surface area contributed by atoms with E-state index in [-0.39, 0.29) is 18.0 Å². The lowest BCUT2D eigenvalue weighted by atomic mass is 10.0. The molecule has 3 aromatic carbocycles. The van der Waals surface area contributed by atoms with Gasteiger partial charge in [-0.05, 0) is 30.7 Å². The van der Waals surface area contributed by atoms with Gasteiger partial charge in [-0.15, -0.1) is 0 Å². The van der Waals surface area contributed by atoms with E-state index >= 15 is 0 Å². The number of nitrogens with one attached hydrogen (secondary N) is 1. The highest BCUT2D eigenvalue weighted by Crippen LogP contribution is 2.27. The van der Waals surface area contributed by atoms with Gasteiger partial charge in [-0.25, -0.2) is 0 Å². The van der Waals surface area contributed by atoms with Crippen LogP contribution in [0.1, 0.15) is 24.3 Å². The lowest BCUT2D eigenvalue weighted by Gasteiger charge is -2.19. The smallest absolute Gasteiger partial charge is 0.282 e. The van der Waals surface area contributed by atoms with Gasteiger partial charge in [-0.1, -0.05) is 78.9 Å². The average Bonchev–Trinajstić information content (AvgIpc) is 3.33. The van der Waals surface area contributed by atoms with Crippen LogP contribution in [0.3, 0.4) is 0 Å². The van der Waals surface area contributed by atoms with Crippen LogP contribution < -0.4 is 10.6 Å². The lowest BCUT2D eigenvalue weighted by Crippen LogP contribution is -2.92. The van der Waals surface area contributed by atoms with Crippen molar-refractivity contribution in [3.8, 4) is 11.1 Å². The largest absolute Gasteiger partial charge is 0.463 e. The minimum absolute atomic E-state index is 0.0501. The maximum atomic E-state index is 13.1. The number of hydrogen-bond donors (Lipinski definition) is 2. The standard InChI is InChI=1S/C26H24N2O2/c1-19(27-25(24-17-10-18-30-24)21-13-6-3-7-14-21)26(29)28-23-16-9-8-15-22(23)20-11-4-2-5-12-20/h2-19,25,27H,1H3,(H,28,29)/p+1/t19-,25+/m0/s1. The third-order valence-electron chi connectivity index (χ3n) is 5.17. The SMILES string of the molecule is C[C@H]([NH2+][C@H](c1ccccc1)c1ccco1)C(=O)Nc1ccccc1-c1ccccc1. The summed E-state index contributed by atoms with van der Waals surface area (Å²) in [5.41, 5.74) is 3.98. The maximum Gasteiger partial charge on any atom is 0.282 e. The molecule has 0 bridgehead atoms. The fourth-order valence-corrected chi connectivity index (χ4v) is 3.58. The molecule has 0 radical (unpaired) electrons. The molecule has 4 aromatic rings. The summed E-state index contributed by atoms with van der Waals surface area (Å²) < 4.78 is 5.66. The Labute approximate surface area is 176 Å². The van der Waals surface area contributed by atoms with Gasteiger partial charge in [-0.3, -0.25) is 4.79 Å². The fourth-order valence-electron chi connectivity index (χ4n) is 3.58. The second-order valence-corrected chi connectivity index (χ2v) is 7.29. The lowest BCUT2D eigenvalue weighted by molar-refractivity contribution is -0.706. The van der Waals surface area contributed by atoms with Crippen LogP contribution in [0.5, 0.6) is 0 Å². The summed E-state index contributed by atoms with van der Waals surface area (Å²) in [6.07, 6.45) is 1.67. The second kappa shape index (κ2) is 9.25. The zero-order valence-electron chi connectivity index (χ0n) is 16.9. The monoisotopic (exact) mass is 397 g/mol. The van der Waals surface area contributed by atoms with Crippen LogP contribution in [0.4, 0.5) is 5.69 Å². The second-order valence-electron chi connectivity index (χ2n) is 7.29. The Kier molecular flexibility index (Phi) is 6.06. The molecule has 4 rings (SSSR count). The number of anilines is 1. The summed E-state index contributed by atoms with van der Waals surface area (Å²) in [5.74, 6) is 0.774. The number of benzene rings is 3. The molecule has 1 amide bonds. The predicted octanol–water partition coefficient (Wildman–Crippen LogP) is 4.63. The molecule has 0 aliphatic heterocycles. The van der Waals surface area contributed by atoms with E-state index in [1.165, 1.54) is 0 Å². The Bertz CT molecular complexity index is 1080. The van der Waals surface area contributed by atoms with Gasteiger partial charge in [0.05, 0.1) is 6.26 Å². The minimum Gasteiger partial charge on any atom is -0.463 e. The van der Waals surface area contributed by atoms with E-state index in [4.69, 9.17) is 4.42 Å². The first kappa shape index (κ1) is 19.7. The Morgan fingerprint density at radius 2 is 1.50 bits per heavy atom. The van der Waals surface area contributed by atoms with Crippen molar-refractivity contribution >= 4 is 11.6 Å². The molecular weight excluding hydrogens is 372 g/mol. The molecule has 3 N–H and O–H groups in total. The maximum absolute atomic E-state index is 13.1.